The van der Waals surface area contributed by atoms with Crippen molar-refractivity contribution in [1.82, 2.24) is 5.32 Å². The number of carbonyl (C=O) groups is 1. The van der Waals surface area contributed by atoms with Crippen molar-refractivity contribution in [3.05, 3.63) is 158 Å². The molecule has 7 atom stereocenters. The van der Waals surface area contributed by atoms with Gasteiger partial charge < -0.3 is 40.3 Å². The van der Waals surface area contributed by atoms with E-state index in [-0.39, 0.29) is 12.5 Å². The molecule has 9 nitrogen and oxygen atoms in total. The second-order valence-corrected chi connectivity index (χ2v) is 25.3. The van der Waals surface area contributed by atoms with E-state index < -0.39 is 49.5 Å². The van der Waals surface area contributed by atoms with Gasteiger partial charge in [-0.15, -0.1) is 0 Å². The van der Waals surface area contributed by atoms with E-state index in [1.807, 2.05) is 6.08 Å². The molecule has 0 aliphatic carbocycles. The molecule has 0 bridgehead atoms. The van der Waals surface area contributed by atoms with Gasteiger partial charge in [0.25, 0.3) is 0 Å². The Kier molecular flexibility index (Phi) is 65.0. The van der Waals surface area contributed by atoms with Crippen LogP contribution < -0.4 is 5.32 Å². The third-order valence-electron chi connectivity index (χ3n) is 16.8. The highest BCUT2D eigenvalue weighted by Gasteiger charge is 2.44. The van der Waals surface area contributed by atoms with Crippen molar-refractivity contribution in [2.24, 2.45) is 0 Å². The van der Waals surface area contributed by atoms with Crippen LogP contribution in [-0.2, 0) is 14.3 Å². The largest absolute Gasteiger partial charge is 0.394 e. The number of nitrogens with one attached hydrogen (secondary N) is 1. The first-order valence-electron chi connectivity index (χ1n) is 37.7. The fourth-order valence-corrected chi connectivity index (χ4v) is 11.0. The standard InChI is InChI=1S/C83H139NO8/c1-3-5-7-9-11-13-15-17-19-21-23-25-27-29-31-33-35-36-37-38-39-40-41-42-43-45-47-49-51-53-55-57-59-61-63-65-67-69-71-73-79(87)84-76(75-91-83-82(90)81(89)80(88)78(74-85)92-83)77(86)72-70-68-66-64-62-60-58-56-54-52-50-48-46-44-34-32-30-28-26-24-22-20-18-16-14-12-10-8-6-4-2/h5,7,11,13,17,19,23,25,29,31,35-36,38-39,41-42,45,47,51,53-54,56,62,64,70,72,76-78,80-83,85-86,88-90H,3-4,6,8-10,12,14-16,18,20-22,24,26-28,30,32-34,37,40,43-44,46,48-50,52,55,57-61,63,65-69,71,73-75H2,1-2H3,(H,84,87)/b7-5-,13-11-,19-17-,25-23-,31-29-,36-35-,39-38-,42-41-,47-45-,53-51-,56-54+,64-62+,72-70+. The first kappa shape index (κ1) is 85.8. The Morgan fingerprint density at radius 1 is 0.380 bits per heavy atom. The molecule has 0 spiro atoms. The molecule has 0 radical (unpaired) electrons. The lowest BCUT2D eigenvalue weighted by Crippen LogP contribution is -2.60. The van der Waals surface area contributed by atoms with Gasteiger partial charge in [-0.1, -0.05) is 332 Å². The third-order valence-corrected chi connectivity index (χ3v) is 16.8. The summed E-state index contributed by atoms with van der Waals surface area (Å²) in [5.74, 6) is -0.203. The molecule has 1 saturated heterocycles. The van der Waals surface area contributed by atoms with Gasteiger partial charge in [0.15, 0.2) is 6.29 Å². The Hall–Kier alpha value is -4.19. The van der Waals surface area contributed by atoms with Crippen LogP contribution in [0.5, 0.6) is 0 Å². The summed E-state index contributed by atoms with van der Waals surface area (Å²) in [5.41, 5.74) is 0. The van der Waals surface area contributed by atoms with Crippen molar-refractivity contribution in [2.45, 2.75) is 346 Å². The van der Waals surface area contributed by atoms with Crippen LogP contribution in [0.25, 0.3) is 0 Å². The van der Waals surface area contributed by atoms with Crippen LogP contribution >= 0.6 is 0 Å². The Bertz CT molecular complexity index is 2020. The number of carbonyl (C=O) groups excluding carboxylic acids is 1. The van der Waals surface area contributed by atoms with Gasteiger partial charge in [0.05, 0.1) is 25.4 Å². The highest BCUT2D eigenvalue weighted by molar-refractivity contribution is 5.76. The average Bonchev–Trinajstić information content (AvgIpc) is 1.45. The predicted octanol–water partition coefficient (Wildman–Crippen LogP) is 21.5. The topological polar surface area (TPSA) is 149 Å². The molecule has 1 fully saturated rings. The summed E-state index contributed by atoms with van der Waals surface area (Å²) in [5, 5.41) is 54.8. The Morgan fingerprint density at radius 2 is 0.685 bits per heavy atom. The summed E-state index contributed by atoms with van der Waals surface area (Å²) < 4.78 is 11.3. The van der Waals surface area contributed by atoms with Crippen LogP contribution in [0.1, 0.15) is 303 Å². The second kappa shape index (κ2) is 69.6. The normalized spacial score (nSPS) is 18.6. The molecular weight excluding hydrogens is 1140 g/mol. The Morgan fingerprint density at radius 3 is 1.04 bits per heavy atom. The zero-order chi connectivity index (χ0) is 66.4. The van der Waals surface area contributed by atoms with Gasteiger partial charge in [-0.2, -0.15) is 0 Å². The zero-order valence-electron chi connectivity index (χ0n) is 58.7. The maximum Gasteiger partial charge on any atom is 0.220 e. The highest BCUT2D eigenvalue weighted by Crippen LogP contribution is 2.23. The number of rotatable bonds is 64. The van der Waals surface area contributed by atoms with Gasteiger partial charge in [0, 0.05) is 6.42 Å². The molecule has 1 heterocycles. The monoisotopic (exact) mass is 1280 g/mol. The fraction of sp³-hybridized carbons (Fsp3) is 0.675. The predicted molar refractivity (Wildman–Crippen MR) is 396 cm³/mol. The van der Waals surface area contributed by atoms with Crippen LogP contribution in [0, 0.1) is 0 Å². The minimum atomic E-state index is -1.59. The first-order valence-corrected chi connectivity index (χ1v) is 37.7. The lowest BCUT2D eigenvalue weighted by atomic mass is 9.99. The van der Waals surface area contributed by atoms with E-state index in [0.29, 0.717) is 6.42 Å². The molecule has 0 aromatic rings. The molecule has 0 saturated carbocycles. The smallest absolute Gasteiger partial charge is 0.220 e. The van der Waals surface area contributed by atoms with Gasteiger partial charge >= 0.3 is 0 Å². The number of unbranched alkanes of at least 4 members (excludes halogenated alkanes) is 30. The molecule has 92 heavy (non-hydrogen) atoms. The van der Waals surface area contributed by atoms with E-state index in [0.717, 1.165) is 128 Å². The molecule has 6 N–H and O–H groups in total. The van der Waals surface area contributed by atoms with Crippen LogP contribution in [0.2, 0.25) is 0 Å². The van der Waals surface area contributed by atoms with Crippen molar-refractivity contribution in [2.75, 3.05) is 13.2 Å². The molecule has 1 rings (SSSR count). The SMILES string of the molecule is CC/C=C\C/C=C\C/C=C\C/C=C\C/C=C\C/C=C\C/C=C\C/C=C\C/C=C\C/C=C\CCCCCCCCCCC(=O)NC(COC1OC(CO)C(O)C(O)C1O)C(O)/C=C/CC/C=C/CC/C=C/CCCCCCCCCCCCCCCCCCCCCC. The number of amides is 1. The summed E-state index contributed by atoms with van der Waals surface area (Å²) in [6, 6.07) is -0.847. The van der Waals surface area contributed by atoms with Crippen LogP contribution in [0.15, 0.2) is 158 Å². The number of allylic oxidation sites excluding steroid dienone is 25. The maximum absolute atomic E-state index is 13.1. The van der Waals surface area contributed by atoms with E-state index in [9.17, 15) is 30.3 Å². The fourth-order valence-electron chi connectivity index (χ4n) is 11.0. The van der Waals surface area contributed by atoms with Crippen molar-refractivity contribution >= 4 is 5.91 Å². The summed E-state index contributed by atoms with van der Waals surface area (Å²) in [4.78, 5) is 13.1. The maximum atomic E-state index is 13.1. The quantitative estimate of drug-likeness (QED) is 0.0261. The van der Waals surface area contributed by atoms with E-state index in [1.165, 1.54) is 154 Å². The molecule has 0 aromatic carbocycles. The molecule has 1 amide bonds. The number of aliphatic hydroxyl groups is 5. The summed E-state index contributed by atoms with van der Waals surface area (Å²) in [6.07, 6.45) is 102. The Labute approximate surface area is 565 Å². The third kappa shape index (κ3) is 57.3. The highest BCUT2D eigenvalue weighted by atomic mass is 16.7. The minimum absolute atomic E-state index is 0.203. The van der Waals surface area contributed by atoms with Gasteiger partial charge in [-0.3, -0.25) is 4.79 Å². The van der Waals surface area contributed by atoms with E-state index in [2.05, 4.69) is 165 Å². The van der Waals surface area contributed by atoms with Gasteiger partial charge in [-0.25, -0.2) is 0 Å². The molecular formula is C83H139NO8. The van der Waals surface area contributed by atoms with Crippen LogP contribution in [0.3, 0.4) is 0 Å². The summed E-state index contributed by atoms with van der Waals surface area (Å²) >= 11 is 0. The van der Waals surface area contributed by atoms with E-state index >= 15 is 0 Å². The first-order chi connectivity index (χ1) is 45.3. The number of hydrogen-bond acceptors (Lipinski definition) is 8. The lowest BCUT2D eigenvalue weighted by Gasteiger charge is -2.40. The molecule has 524 valence electrons. The molecule has 0 aromatic heterocycles. The second-order valence-electron chi connectivity index (χ2n) is 25.3. The van der Waals surface area contributed by atoms with Crippen LogP contribution in [0.4, 0.5) is 0 Å². The molecule has 9 heteroatoms. The number of hydrogen-bond donors (Lipinski definition) is 6. The molecule has 1 aliphatic heterocycles. The van der Waals surface area contributed by atoms with Crippen molar-refractivity contribution in [3.8, 4) is 0 Å². The molecule has 7 unspecified atom stereocenters. The van der Waals surface area contributed by atoms with Gasteiger partial charge in [0.1, 0.15) is 24.4 Å². The lowest BCUT2D eigenvalue weighted by molar-refractivity contribution is -0.302. The Balaban J connectivity index is 2.18. The molecule has 1 aliphatic rings. The number of aliphatic hydroxyl groups excluding tert-OH is 5. The van der Waals surface area contributed by atoms with Crippen molar-refractivity contribution in [1.29, 1.82) is 0 Å². The van der Waals surface area contributed by atoms with E-state index in [1.54, 1.807) is 6.08 Å². The van der Waals surface area contributed by atoms with Gasteiger partial charge in [0.2, 0.25) is 5.91 Å². The van der Waals surface area contributed by atoms with Crippen molar-refractivity contribution < 1.29 is 39.8 Å². The number of ether oxygens (including phenoxy) is 2. The average molecular weight is 1280 g/mol. The zero-order valence-corrected chi connectivity index (χ0v) is 58.7. The summed E-state index contributed by atoms with van der Waals surface area (Å²) in [7, 11) is 0. The van der Waals surface area contributed by atoms with E-state index in [4.69, 9.17) is 9.47 Å². The van der Waals surface area contributed by atoms with Gasteiger partial charge in [-0.05, 0) is 122 Å². The van der Waals surface area contributed by atoms with Crippen LogP contribution in [-0.4, -0.2) is 87.5 Å². The summed E-state index contributed by atoms with van der Waals surface area (Å²) in [6.45, 7) is 3.66. The van der Waals surface area contributed by atoms with Crippen molar-refractivity contribution in [3.63, 3.8) is 0 Å². The minimum Gasteiger partial charge on any atom is -0.394 e.